The molecule has 0 unspecified atom stereocenters. The minimum Gasteiger partial charge on any atom is -0.308 e. The summed E-state index contributed by atoms with van der Waals surface area (Å²) < 4.78 is 14.3. The predicted octanol–water partition coefficient (Wildman–Crippen LogP) is 4.24. The molecule has 0 saturated heterocycles. The van der Waals surface area contributed by atoms with Gasteiger partial charge in [0.05, 0.1) is 5.69 Å². The number of aromatic nitrogens is 1. The van der Waals surface area contributed by atoms with Crippen LogP contribution in [0.1, 0.15) is 48.6 Å². The number of aryl methyl sites for hydroxylation is 1. The van der Waals surface area contributed by atoms with E-state index in [0.717, 1.165) is 38.0 Å². The van der Waals surface area contributed by atoms with Gasteiger partial charge < -0.3 is 5.32 Å². The molecule has 0 fully saturated rings. The summed E-state index contributed by atoms with van der Waals surface area (Å²) in [6, 6.07) is 10.6. The number of nitrogens with one attached hydrogen (secondary N) is 1. The second-order valence-electron chi connectivity index (χ2n) is 7.43. The van der Waals surface area contributed by atoms with Crippen LogP contribution in [0.4, 0.5) is 4.39 Å². The summed E-state index contributed by atoms with van der Waals surface area (Å²) >= 11 is 0. The van der Waals surface area contributed by atoms with Crippen LogP contribution in [0.3, 0.4) is 0 Å². The van der Waals surface area contributed by atoms with Gasteiger partial charge in [-0.05, 0) is 49.1 Å². The minimum absolute atomic E-state index is 0.188. The highest BCUT2D eigenvalue weighted by atomic mass is 19.1. The molecule has 3 rings (SSSR count). The molecule has 1 N–H and O–H groups in total. The van der Waals surface area contributed by atoms with Crippen molar-refractivity contribution < 1.29 is 4.39 Å². The van der Waals surface area contributed by atoms with Crippen LogP contribution in [0.2, 0.25) is 0 Å². The Hall–Kier alpha value is -1.78. The Morgan fingerprint density at radius 1 is 1.23 bits per heavy atom. The predicted molar refractivity (Wildman–Crippen MR) is 105 cm³/mol. The first kappa shape index (κ1) is 19.0. The highest BCUT2D eigenvalue weighted by molar-refractivity contribution is 5.30. The Labute approximate surface area is 156 Å². The first-order chi connectivity index (χ1) is 12.7. The highest BCUT2D eigenvalue weighted by Crippen LogP contribution is 2.18. The summed E-state index contributed by atoms with van der Waals surface area (Å²) in [5, 5.41) is 3.65. The number of unbranched alkanes of at least 4 members (excludes halogenated alkanes) is 2. The minimum atomic E-state index is -0.188. The molecule has 1 aliphatic heterocycles. The van der Waals surface area contributed by atoms with Crippen molar-refractivity contribution in [3.05, 3.63) is 64.7 Å². The van der Waals surface area contributed by atoms with Gasteiger partial charge in [0.1, 0.15) is 5.82 Å². The number of benzene rings is 1. The van der Waals surface area contributed by atoms with Crippen LogP contribution in [0.25, 0.3) is 0 Å². The molecule has 26 heavy (non-hydrogen) atoms. The SMILES string of the molecule is CCCCCN(Cc1ncc(C)cc1F)C[C@H]1Cc2ccccc2CN1. The highest BCUT2D eigenvalue weighted by Gasteiger charge is 2.21. The van der Waals surface area contributed by atoms with E-state index in [4.69, 9.17) is 0 Å². The number of rotatable bonds is 8. The van der Waals surface area contributed by atoms with Crippen molar-refractivity contribution in [3.63, 3.8) is 0 Å². The molecule has 0 amide bonds. The molecule has 1 atom stereocenters. The van der Waals surface area contributed by atoms with Crippen LogP contribution < -0.4 is 5.32 Å². The third-order valence-electron chi connectivity index (χ3n) is 5.15. The second-order valence-corrected chi connectivity index (χ2v) is 7.43. The average molecular weight is 356 g/mol. The van der Waals surface area contributed by atoms with Crippen molar-refractivity contribution in [3.8, 4) is 0 Å². The van der Waals surface area contributed by atoms with E-state index in [2.05, 4.69) is 46.4 Å². The normalized spacial score (nSPS) is 16.7. The number of fused-ring (bicyclic) bond motifs is 1. The molecule has 1 aromatic carbocycles. The maximum atomic E-state index is 14.3. The lowest BCUT2D eigenvalue weighted by Gasteiger charge is -2.31. The third kappa shape index (κ3) is 5.12. The Kier molecular flexibility index (Phi) is 6.75. The molecule has 0 spiro atoms. The number of pyridine rings is 1. The number of hydrogen-bond acceptors (Lipinski definition) is 3. The van der Waals surface area contributed by atoms with Gasteiger partial charge in [-0.1, -0.05) is 44.0 Å². The molecule has 3 nitrogen and oxygen atoms in total. The Morgan fingerprint density at radius 3 is 2.81 bits per heavy atom. The summed E-state index contributed by atoms with van der Waals surface area (Å²) in [6.45, 7) is 7.50. The van der Waals surface area contributed by atoms with Gasteiger partial charge in [0.2, 0.25) is 0 Å². The molecule has 0 bridgehead atoms. The quantitative estimate of drug-likeness (QED) is 0.718. The third-order valence-corrected chi connectivity index (χ3v) is 5.15. The van der Waals surface area contributed by atoms with Crippen molar-refractivity contribution in [2.45, 2.75) is 58.7 Å². The summed E-state index contributed by atoms with van der Waals surface area (Å²) in [6.07, 6.45) is 6.34. The zero-order valence-electron chi connectivity index (χ0n) is 16.0. The lowest BCUT2D eigenvalue weighted by atomic mass is 9.95. The lowest BCUT2D eigenvalue weighted by Crippen LogP contribution is -2.44. The van der Waals surface area contributed by atoms with Crippen LogP contribution in [-0.4, -0.2) is 29.0 Å². The van der Waals surface area contributed by atoms with E-state index in [0.29, 0.717) is 18.3 Å². The van der Waals surface area contributed by atoms with Crippen molar-refractivity contribution in [1.29, 1.82) is 0 Å². The van der Waals surface area contributed by atoms with E-state index in [1.807, 2.05) is 6.92 Å². The summed E-state index contributed by atoms with van der Waals surface area (Å²) in [5.74, 6) is -0.188. The molecule has 0 saturated carbocycles. The van der Waals surface area contributed by atoms with Gasteiger partial charge in [-0.25, -0.2) is 4.39 Å². The van der Waals surface area contributed by atoms with Crippen molar-refractivity contribution >= 4 is 0 Å². The summed E-state index contributed by atoms with van der Waals surface area (Å²) in [5.41, 5.74) is 4.26. The molecule has 0 aliphatic carbocycles. The fourth-order valence-electron chi connectivity index (χ4n) is 3.67. The van der Waals surface area contributed by atoms with Gasteiger partial charge in [-0.15, -0.1) is 0 Å². The molecular formula is C22H30FN3. The van der Waals surface area contributed by atoms with Gasteiger partial charge in [-0.3, -0.25) is 9.88 Å². The van der Waals surface area contributed by atoms with E-state index >= 15 is 0 Å². The van der Waals surface area contributed by atoms with Crippen molar-refractivity contribution in [2.75, 3.05) is 13.1 Å². The smallest absolute Gasteiger partial charge is 0.146 e. The number of nitrogens with zero attached hydrogens (tertiary/aromatic N) is 2. The van der Waals surface area contributed by atoms with Gasteiger partial charge in [0, 0.05) is 31.9 Å². The monoisotopic (exact) mass is 355 g/mol. The molecule has 0 radical (unpaired) electrons. The molecule has 1 aliphatic rings. The van der Waals surface area contributed by atoms with Crippen molar-refractivity contribution in [1.82, 2.24) is 15.2 Å². The fourth-order valence-corrected chi connectivity index (χ4v) is 3.67. The van der Waals surface area contributed by atoms with Gasteiger partial charge in [-0.2, -0.15) is 0 Å². The van der Waals surface area contributed by atoms with E-state index < -0.39 is 0 Å². The van der Waals surface area contributed by atoms with Gasteiger partial charge in [0.15, 0.2) is 0 Å². The average Bonchev–Trinajstić information content (AvgIpc) is 2.64. The maximum absolute atomic E-state index is 14.3. The van der Waals surface area contributed by atoms with Crippen LogP contribution in [0.5, 0.6) is 0 Å². The molecule has 1 aromatic heterocycles. The molecule has 140 valence electrons. The largest absolute Gasteiger partial charge is 0.308 e. The maximum Gasteiger partial charge on any atom is 0.146 e. The van der Waals surface area contributed by atoms with E-state index in [1.165, 1.54) is 24.0 Å². The first-order valence-electron chi connectivity index (χ1n) is 9.79. The lowest BCUT2D eigenvalue weighted by molar-refractivity contribution is 0.219. The van der Waals surface area contributed by atoms with Crippen LogP contribution in [-0.2, 0) is 19.5 Å². The Morgan fingerprint density at radius 2 is 2.04 bits per heavy atom. The fraction of sp³-hybridized carbons (Fsp3) is 0.500. The molecule has 2 heterocycles. The summed E-state index contributed by atoms with van der Waals surface area (Å²) in [4.78, 5) is 6.70. The van der Waals surface area contributed by atoms with Crippen molar-refractivity contribution in [2.24, 2.45) is 0 Å². The first-order valence-corrected chi connectivity index (χ1v) is 9.79. The van der Waals surface area contributed by atoms with Gasteiger partial charge >= 0.3 is 0 Å². The van der Waals surface area contributed by atoms with Crippen LogP contribution >= 0.6 is 0 Å². The zero-order chi connectivity index (χ0) is 18.4. The van der Waals surface area contributed by atoms with E-state index in [9.17, 15) is 4.39 Å². The van der Waals surface area contributed by atoms with E-state index in [1.54, 1.807) is 12.3 Å². The molecule has 4 heteroatoms. The molecule has 2 aromatic rings. The number of halogens is 1. The van der Waals surface area contributed by atoms with E-state index in [-0.39, 0.29) is 5.82 Å². The standard InChI is InChI=1S/C22H30FN3/c1-3-4-7-10-26(16-22-21(23)11-17(2)13-25-22)15-20-12-18-8-5-6-9-19(18)14-24-20/h5-6,8-9,11,13,20,24H,3-4,7,10,12,14-16H2,1-2H3/t20-/m1/s1. The topological polar surface area (TPSA) is 28.2 Å². The zero-order valence-corrected chi connectivity index (χ0v) is 16.0. The number of hydrogen-bond donors (Lipinski definition) is 1. The van der Waals surface area contributed by atoms with Gasteiger partial charge in [0.25, 0.3) is 0 Å². The second kappa shape index (κ2) is 9.24. The van der Waals surface area contributed by atoms with Crippen LogP contribution in [0.15, 0.2) is 36.5 Å². The summed E-state index contributed by atoms with van der Waals surface area (Å²) in [7, 11) is 0. The Balaban J connectivity index is 1.66. The molecular weight excluding hydrogens is 325 g/mol. The Bertz CT molecular complexity index is 716. The van der Waals surface area contributed by atoms with Crippen LogP contribution in [0, 0.1) is 12.7 Å².